The summed E-state index contributed by atoms with van der Waals surface area (Å²) in [6.45, 7) is 3.69. The number of carboxylic acid groups (broad SMARTS) is 1. The lowest BCUT2D eigenvalue weighted by Crippen LogP contribution is -2.37. The molecule has 4 nitrogen and oxygen atoms in total. The standard InChI is InChI=1S/C14H19NO3/c1-10(12-3-2-4-13(16)9-12)15-7-5-11(6-8-15)14(17)18/h2-4,9-11,16H,5-8H2,1H3,(H,17,18). The second-order valence-corrected chi connectivity index (χ2v) is 4.92. The zero-order valence-corrected chi connectivity index (χ0v) is 10.5. The lowest BCUT2D eigenvalue weighted by molar-refractivity contribution is -0.143. The van der Waals surface area contributed by atoms with E-state index in [9.17, 15) is 9.90 Å². The van der Waals surface area contributed by atoms with Crippen molar-refractivity contribution in [1.29, 1.82) is 0 Å². The number of benzene rings is 1. The fraction of sp³-hybridized carbons (Fsp3) is 0.500. The Kier molecular flexibility index (Phi) is 3.87. The minimum atomic E-state index is -0.681. The van der Waals surface area contributed by atoms with Crippen LogP contribution < -0.4 is 0 Å². The maximum Gasteiger partial charge on any atom is 0.306 e. The number of carboxylic acids is 1. The van der Waals surface area contributed by atoms with Crippen molar-refractivity contribution >= 4 is 5.97 Å². The number of aromatic hydroxyl groups is 1. The predicted octanol–water partition coefficient (Wildman–Crippen LogP) is 2.25. The molecule has 0 radical (unpaired) electrons. The molecule has 0 bridgehead atoms. The molecule has 2 N–H and O–H groups in total. The van der Waals surface area contributed by atoms with Crippen LogP contribution in [0.15, 0.2) is 24.3 Å². The van der Waals surface area contributed by atoms with Gasteiger partial charge in [-0.2, -0.15) is 0 Å². The average molecular weight is 249 g/mol. The van der Waals surface area contributed by atoms with Gasteiger partial charge in [-0.05, 0) is 50.6 Å². The molecule has 0 aliphatic carbocycles. The van der Waals surface area contributed by atoms with Crippen LogP contribution in [-0.4, -0.2) is 34.2 Å². The molecule has 1 aromatic rings. The number of piperidine rings is 1. The van der Waals surface area contributed by atoms with Gasteiger partial charge in [-0.15, -0.1) is 0 Å². The molecule has 1 fully saturated rings. The smallest absolute Gasteiger partial charge is 0.306 e. The van der Waals surface area contributed by atoms with Crippen LogP contribution in [0.1, 0.15) is 31.4 Å². The summed E-state index contributed by atoms with van der Waals surface area (Å²) in [5, 5.41) is 18.4. The van der Waals surface area contributed by atoms with Crippen LogP contribution in [0.2, 0.25) is 0 Å². The number of likely N-dealkylation sites (tertiary alicyclic amines) is 1. The van der Waals surface area contributed by atoms with Crippen LogP contribution in [0.5, 0.6) is 5.75 Å². The van der Waals surface area contributed by atoms with E-state index in [-0.39, 0.29) is 17.7 Å². The van der Waals surface area contributed by atoms with Crippen molar-refractivity contribution in [3.05, 3.63) is 29.8 Å². The van der Waals surface area contributed by atoms with Gasteiger partial charge in [0.1, 0.15) is 5.75 Å². The minimum absolute atomic E-state index is 0.197. The summed E-state index contributed by atoms with van der Waals surface area (Å²) >= 11 is 0. The van der Waals surface area contributed by atoms with E-state index < -0.39 is 5.97 Å². The molecule has 0 spiro atoms. The van der Waals surface area contributed by atoms with Gasteiger partial charge in [0, 0.05) is 6.04 Å². The van der Waals surface area contributed by atoms with Crippen molar-refractivity contribution in [2.45, 2.75) is 25.8 Å². The van der Waals surface area contributed by atoms with Crippen LogP contribution >= 0.6 is 0 Å². The third kappa shape index (κ3) is 2.82. The third-order valence-corrected chi connectivity index (χ3v) is 3.78. The number of hydrogen-bond donors (Lipinski definition) is 2. The molecule has 1 aliphatic rings. The molecule has 1 saturated heterocycles. The van der Waals surface area contributed by atoms with E-state index in [1.807, 2.05) is 12.1 Å². The normalized spacial score (nSPS) is 19.6. The first-order chi connectivity index (χ1) is 8.58. The Morgan fingerprint density at radius 1 is 1.39 bits per heavy atom. The average Bonchev–Trinajstić information content (AvgIpc) is 2.38. The van der Waals surface area contributed by atoms with Crippen LogP contribution in [0.4, 0.5) is 0 Å². The van der Waals surface area contributed by atoms with Crippen LogP contribution in [0.3, 0.4) is 0 Å². The second kappa shape index (κ2) is 5.40. The van der Waals surface area contributed by atoms with E-state index in [1.54, 1.807) is 12.1 Å². The van der Waals surface area contributed by atoms with Gasteiger partial charge in [0.25, 0.3) is 0 Å². The third-order valence-electron chi connectivity index (χ3n) is 3.78. The summed E-state index contributed by atoms with van der Waals surface area (Å²) in [7, 11) is 0. The molecule has 1 aliphatic heterocycles. The molecule has 0 amide bonds. The van der Waals surface area contributed by atoms with Gasteiger partial charge in [-0.3, -0.25) is 9.69 Å². The highest BCUT2D eigenvalue weighted by molar-refractivity contribution is 5.70. The van der Waals surface area contributed by atoms with Crippen molar-refractivity contribution in [1.82, 2.24) is 4.90 Å². The van der Waals surface area contributed by atoms with Gasteiger partial charge in [0.15, 0.2) is 0 Å². The lowest BCUT2D eigenvalue weighted by atomic mass is 9.95. The molecule has 4 heteroatoms. The fourth-order valence-electron chi connectivity index (χ4n) is 2.53. The molecule has 1 atom stereocenters. The molecule has 2 rings (SSSR count). The largest absolute Gasteiger partial charge is 0.508 e. The van der Waals surface area contributed by atoms with Crippen molar-refractivity contribution < 1.29 is 15.0 Å². The van der Waals surface area contributed by atoms with E-state index in [0.29, 0.717) is 12.8 Å². The van der Waals surface area contributed by atoms with E-state index in [2.05, 4.69) is 11.8 Å². The number of hydrogen-bond acceptors (Lipinski definition) is 3. The zero-order valence-electron chi connectivity index (χ0n) is 10.5. The molecular formula is C14H19NO3. The topological polar surface area (TPSA) is 60.8 Å². The van der Waals surface area contributed by atoms with Gasteiger partial charge in [-0.25, -0.2) is 0 Å². The monoisotopic (exact) mass is 249 g/mol. The highest BCUT2D eigenvalue weighted by atomic mass is 16.4. The molecule has 1 aromatic carbocycles. The molecule has 1 unspecified atom stereocenters. The van der Waals surface area contributed by atoms with E-state index >= 15 is 0 Å². The number of phenols is 1. The van der Waals surface area contributed by atoms with Crippen LogP contribution in [0, 0.1) is 5.92 Å². The van der Waals surface area contributed by atoms with Crippen molar-refractivity contribution in [3.8, 4) is 5.75 Å². The van der Waals surface area contributed by atoms with E-state index in [1.165, 1.54) is 0 Å². The fourth-order valence-corrected chi connectivity index (χ4v) is 2.53. The molecule has 98 valence electrons. The van der Waals surface area contributed by atoms with Gasteiger partial charge in [0.05, 0.1) is 5.92 Å². The molecule has 1 heterocycles. The predicted molar refractivity (Wildman–Crippen MR) is 68.5 cm³/mol. The molecular weight excluding hydrogens is 230 g/mol. The van der Waals surface area contributed by atoms with E-state index in [4.69, 9.17) is 5.11 Å². The highest BCUT2D eigenvalue weighted by Crippen LogP contribution is 2.28. The Balaban J connectivity index is 1.99. The number of nitrogens with zero attached hydrogens (tertiary/aromatic N) is 1. The summed E-state index contributed by atoms with van der Waals surface area (Å²) in [6, 6.07) is 7.48. The summed E-state index contributed by atoms with van der Waals surface area (Å²) in [4.78, 5) is 13.2. The summed E-state index contributed by atoms with van der Waals surface area (Å²) in [5.74, 6) is -0.600. The van der Waals surface area contributed by atoms with Gasteiger partial charge in [0.2, 0.25) is 0 Å². The number of phenolic OH excluding ortho intramolecular Hbond substituents is 1. The second-order valence-electron chi connectivity index (χ2n) is 4.92. The van der Waals surface area contributed by atoms with Crippen LogP contribution in [-0.2, 0) is 4.79 Å². The Morgan fingerprint density at radius 3 is 2.61 bits per heavy atom. The van der Waals surface area contributed by atoms with Gasteiger partial charge >= 0.3 is 5.97 Å². The number of carbonyl (C=O) groups is 1. The van der Waals surface area contributed by atoms with Crippen molar-refractivity contribution in [3.63, 3.8) is 0 Å². The number of aliphatic carboxylic acids is 1. The quantitative estimate of drug-likeness (QED) is 0.862. The van der Waals surface area contributed by atoms with Crippen molar-refractivity contribution in [2.24, 2.45) is 5.92 Å². The maximum atomic E-state index is 10.9. The van der Waals surface area contributed by atoms with Gasteiger partial charge in [-0.1, -0.05) is 12.1 Å². The summed E-state index contributed by atoms with van der Waals surface area (Å²) in [5.41, 5.74) is 1.07. The molecule has 0 aromatic heterocycles. The Bertz CT molecular complexity index is 425. The minimum Gasteiger partial charge on any atom is -0.508 e. The van der Waals surface area contributed by atoms with Crippen LogP contribution in [0.25, 0.3) is 0 Å². The highest BCUT2D eigenvalue weighted by Gasteiger charge is 2.27. The van der Waals surface area contributed by atoms with E-state index in [0.717, 1.165) is 18.7 Å². The SMILES string of the molecule is CC(c1cccc(O)c1)N1CCC(C(=O)O)CC1. The zero-order chi connectivity index (χ0) is 13.1. The first-order valence-corrected chi connectivity index (χ1v) is 6.33. The Morgan fingerprint density at radius 2 is 2.06 bits per heavy atom. The Hall–Kier alpha value is -1.55. The lowest BCUT2D eigenvalue weighted by Gasteiger charge is -2.35. The summed E-state index contributed by atoms with van der Waals surface area (Å²) in [6.07, 6.45) is 1.41. The molecule has 0 saturated carbocycles. The first kappa shape index (κ1) is 12.9. The maximum absolute atomic E-state index is 10.9. The summed E-state index contributed by atoms with van der Waals surface area (Å²) < 4.78 is 0. The van der Waals surface area contributed by atoms with Gasteiger partial charge < -0.3 is 10.2 Å². The van der Waals surface area contributed by atoms with Crippen molar-refractivity contribution in [2.75, 3.05) is 13.1 Å². The number of rotatable bonds is 3. The first-order valence-electron chi connectivity index (χ1n) is 6.33. The molecule has 18 heavy (non-hydrogen) atoms. The Labute approximate surface area is 107 Å².